The van der Waals surface area contributed by atoms with Crippen LogP contribution in [0.1, 0.15) is 54.4 Å². The number of likely N-dealkylation sites (N-methyl/N-ethyl adjacent to an activating group) is 1. The summed E-state index contributed by atoms with van der Waals surface area (Å²) >= 11 is 12.9. The zero-order valence-electron chi connectivity index (χ0n) is 27.8. The van der Waals surface area contributed by atoms with Crippen LogP contribution in [0, 0.1) is 0 Å². The molecule has 3 rings (SSSR count). The average Bonchev–Trinajstić information content (AvgIpc) is 3.06. The first kappa shape index (κ1) is 40.0. The number of halogens is 2. The molecular formula is C35H48Cl2N2O9. The first-order chi connectivity index (χ1) is 23.1. The average molecular weight is 712 g/mol. The molecule has 0 radical (unpaired) electrons. The summed E-state index contributed by atoms with van der Waals surface area (Å²) in [5.74, 6) is -1.26. The number of aliphatic hydroxyl groups is 2. The van der Waals surface area contributed by atoms with Gasteiger partial charge in [0.2, 0.25) is 0 Å². The molecule has 1 aliphatic heterocycles. The van der Waals surface area contributed by atoms with E-state index >= 15 is 0 Å². The van der Waals surface area contributed by atoms with E-state index in [1.165, 1.54) is 0 Å². The Morgan fingerprint density at radius 2 is 1.62 bits per heavy atom. The minimum atomic E-state index is -1.84. The Hall–Kier alpha value is -2.45. The third-order valence-electron chi connectivity index (χ3n) is 7.88. The lowest BCUT2D eigenvalue weighted by molar-refractivity contribution is -0.145. The van der Waals surface area contributed by atoms with E-state index in [9.17, 15) is 24.6 Å². The van der Waals surface area contributed by atoms with E-state index in [0.29, 0.717) is 68.9 Å². The van der Waals surface area contributed by atoms with Crippen molar-refractivity contribution < 1.29 is 43.5 Å². The highest BCUT2D eigenvalue weighted by Gasteiger charge is 2.30. The molecule has 2 aromatic carbocycles. The molecule has 1 heterocycles. The first-order valence-electron chi connectivity index (χ1n) is 16.3. The summed E-state index contributed by atoms with van der Waals surface area (Å²) in [7, 11) is 2.07. The summed E-state index contributed by atoms with van der Waals surface area (Å²) < 4.78 is 21.5. The van der Waals surface area contributed by atoms with Crippen LogP contribution in [0.15, 0.2) is 36.4 Å². The van der Waals surface area contributed by atoms with Gasteiger partial charge in [0, 0.05) is 68.1 Å². The zero-order chi connectivity index (χ0) is 34.9. The maximum atomic E-state index is 12.7. The fraction of sp³-hybridized carbons (Fsp3) is 0.571. The molecule has 0 aromatic heterocycles. The van der Waals surface area contributed by atoms with E-state index in [1.54, 1.807) is 6.07 Å². The highest BCUT2D eigenvalue weighted by atomic mass is 35.5. The number of carbonyl (C=O) groups is 3. The number of ketones is 2. The molecule has 0 bridgehead atoms. The van der Waals surface area contributed by atoms with Gasteiger partial charge in [-0.25, -0.2) is 0 Å². The van der Waals surface area contributed by atoms with Gasteiger partial charge in [0.15, 0.2) is 11.9 Å². The van der Waals surface area contributed by atoms with Crippen LogP contribution in [0.4, 0.5) is 0 Å². The molecule has 3 N–H and O–H groups in total. The highest BCUT2D eigenvalue weighted by Crippen LogP contribution is 2.38. The van der Waals surface area contributed by atoms with Gasteiger partial charge >= 0.3 is 0 Å². The van der Waals surface area contributed by atoms with E-state index in [1.807, 2.05) is 25.1 Å². The van der Waals surface area contributed by atoms with Gasteiger partial charge in [-0.05, 0) is 54.8 Å². The molecule has 3 atom stereocenters. The fourth-order valence-electron chi connectivity index (χ4n) is 5.41. The number of hydrogen-bond acceptors (Lipinski definition) is 10. The zero-order valence-corrected chi connectivity index (χ0v) is 29.3. The van der Waals surface area contributed by atoms with E-state index in [-0.39, 0.29) is 37.9 Å². The SMILES string of the molecule is CCOCCCC(=O)[C@H](O)[C@@H](O)C(=O)NCCOCCOCCOCCC(=O)Cc1cccc(C2CN(C)Cc3c(Cl)cc(Cl)cc32)c1. The van der Waals surface area contributed by atoms with Gasteiger partial charge in [-0.2, -0.15) is 0 Å². The molecule has 1 aliphatic rings. The molecule has 0 fully saturated rings. The molecular weight excluding hydrogens is 663 g/mol. The van der Waals surface area contributed by atoms with Gasteiger partial charge in [-0.3, -0.25) is 14.4 Å². The van der Waals surface area contributed by atoms with Crippen molar-refractivity contribution in [3.05, 3.63) is 68.7 Å². The van der Waals surface area contributed by atoms with Crippen molar-refractivity contribution in [1.29, 1.82) is 0 Å². The van der Waals surface area contributed by atoms with Crippen LogP contribution in [0.5, 0.6) is 0 Å². The quantitative estimate of drug-likeness (QED) is 0.147. The smallest absolute Gasteiger partial charge is 0.252 e. The number of Topliss-reactive ketones (excluding diaryl/α,β-unsaturated/α-hetero) is 2. The maximum absolute atomic E-state index is 12.7. The van der Waals surface area contributed by atoms with Crippen LogP contribution in [-0.2, 0) is 46.3 Å². The number of aliphatic hydroxyl groups excluding tert-OH is 2. The standard InChI is InChI=1S/C35H48Cl2N2O9/c1-3-45-11-5-8-32(41)33(42)34(43)35(44)38-10-13-47-15-17-48-16-14-46-12-9-27(40)19-24-6-4-7-25(18-24)29-22-39(2)23-30-28(29)20-26(36)21-31(30)37/h4,6-7,18,20-21,29,33-34,42-43H,3,5,8-17,19,22-23H2,1-2H3,(H,38,44)/t29?,33-,34+/m0/s1. The monoisotopic (exact) mass is 710 g/mol. The van der Waals surface area contributed by atoms with Crippen LogP contribution in [0.2, 0.25) is 10.0 Å². The van der Waals surface area contributed by atoms with Gasteiger partial charge in [0.05, 0.1) is 39.6 Å². The van der Waals surface area contributed by atoms with E-state index < -0.39 is 23.9 Å². The maximum Gasteiger partial charge on any atom is 0.252 e. The molecule has 1 unspecified atom stereocenters. The normalized spacial score (nSPS) is 15.9. The number of ether oxygens (including phenoxy) is 4. The van der Waals surface area contributed by atoms with Crippen LogP contribution in [0.25, 0.3) is 0 Å². The van der Waals surface area contributed by atoms with Gasteiger partial charge in [-0.15, -0.1) is 0 Å². The van der Waals surface area contributed by atoms with Crippen molar-refractivity contribution in [3.63, 3.8) is 0 Å². The van der Waals surface area contributed by atoms with Crippen molar-refractivity contribution >= 4 is 40.7 Å². The topological polar surface area (TPSA) is 144 Å². The minimum absolute atomic E-state index is 0.00965. The Kier molecular flexibility index (Phi) is 18.0. The van der Waals surface area contributed by atoms with Crippen LogP contribution in [0.3, 0.4) is 0 Å². The first-order valence-corrected chi connectivity index (χ1v) is 17.1. The van der Waals surface area contributed by atoms with Crippen molar-refractivity contribution in [2.45, 2.75) is 57.3 Å². The minimum Gasteiger partial charge on any atom is -0.382 e. The van der Waals surface area contributed by atoms with Gasteiger partial charge in [-0.1, -0.05) is 47.5 Å². The number of amides is 1. The van der Waals surface area contributed by atoms with Crippen LogP contribution in [-0.4, -0.2) is 118 Å². The number of nitrogens with one attached hydrogen (secondary N) is 1. The molecule has 0 spiro atoms. The predicted molar refractivity (Wildman–Crippen MR) is 183 cm³/mol. The molecule has 0 saturated heterocycles. The molecule has 2 aromatic rings. The van der Waals surface area contributed by atoms with E-state index in [4.69, 9.17) is 42.1 Å². The number of fused-ring (bicyclic) bond motifs is 1. The second-order valence-electron chi connectivity index (χ2n) is 11.7. The second kappa shape index (κ2) is 21.6. The van der Waals surface area contributed by atoms with Crippen molar-refractivity contribution in [1.82, 2.24) is 10.2 Å². The number of rotatable bonds is 23. The van der Waals surface area contributed by atoms with E-state index in [0.717, 1.165) is 35.3 Å². The van der Waals surface area contributed by atoms with Gasteiger partial charge in [0.25, 0.3) is 5.91 Å². The van der Waals surface area contributed by atoms with Crippen molar-refractivity contribution in [3.8, 4) is 0 Å². The van der Waals surface area contributed by atoms with Crippen LogP contribution >= 0.6 is 23.2 Å². The lowest BCUT2D eigenvalue weighted by Crippen LogP contribution is -2.46. The number of nitrogens with zero attached hydrogens (tertiary/aromatic N) is 1. The molecule has 0 saturated carbocycles. The summed E-state index contributed by atoms with van der Waals surface area (Å²) in [6.45, 7) is 6.14. The summed E-state index contributed by atoms with van der Waals surface area (Å²) in [5.41, 5.74) is 4.30. The lowest BCUT2D eigenvalue weighted by atomic mass is 9.84. The molecule has 48 heavy (non-hydrogen) atoms. The van der Waals surface area contributed by atoms with Crippen molar-refractivity contribution in [2.24, 2.45) is 0 Å². The third kappa shape index (κ3) is 13.5. The second-order valence-corrected chi connectivity index (χ2v) is 12.5. The summed E-state index contributed by atoms with van der Waals surface area (Å²) in [6, 6.07) is 11.9. The number of benzene rings is 2. The third-order valence-corrected chi connectivity index (χ3v) is 8.43. The summed E-state index contributed by atoms with van der Waals surface area (Å²) in [6.07, 6.45) is -2.60. The number of hydrogen-bond donors (Lipinski definition) is 3. The molecule has 1 amide bonds. The van der Waals surface area contributed by atoms with Gasteiger partial charge < -0.3 is 39.4 Å². The van der Waals surface area contributed by atoms with Crippen LogP contribution < -0.4 is 5.32 Å². The Labute approximate surface area is 292 Å². The Balaban J connectivity index is 1.23. The Morgan fingerprint density at radius 3 is 2.35 bits per heavy atom. The Bertz CT molecular complexity index is 1330. The fourth-order valence-corrected chi connectivity index (χ4v) is 5.97. The number of carbonyl (C=O) groups excluding carboxylic acids is 3. The van der Waals surface area contributed by atoms with Crippen molar-refractivity contribution in [2.75, 3.05) is 73.0 Å². The lowest BCUT2D eigenvalue weighted by Gasteiger charge is -2.33. The predicted octanol–water partition coefficient (Wildman–Crippen LogP) is 3.35. The van der Waals surface area contributed by atoms with Gasteiger partial charge in [0.1, 0.15) is 11.9 Å². The summed E-state index contributed by atoms with van der Waals surface area (Å²) in [4.78, 5) is 38.8. The molecule has 266 valence electrons. The van der Waals surface area contributed by atoms with E-state index in [2.05, 4.69) is 29.4 Å². The highest BCUT2D eigenvalue weighted by molar-refractivity contribution is 6.35. The largest absolute Gasteiger partial charge is 0.382 e. The summed E-state index contributed by atoms with van der Waals surface area (Å²) in [5, 5.41) is 23.5. The molecule has 13 heteroatoms. The Morgan fingerprint density at radius 1 is 0.917 bits per heavy atom. The molecule has 0 aliphatic carbocycles. The molecule has 11 nitrogen and oxygen atoms in total.